The van der Waals surface area contributed by atoms with E-state index >= 15 is 0 Å². The molecule has 236 valence electrons. The quantitative estimate of drug-likeness (QED) is 0.121. The van der Waals surface area contributed by atoms with Gasteiger partial charge >= 0.3 is 0 Å². The topological polar surface area (TPSA) is 151 Å². The Labute approximate surface area is 269 Å². The van der Waals surface area contributed by atoms with Crippen molar-refractivity contribution in [2.24, 2.45) is 16.7 Å². The Morgan fingerprint density at radius 1 is 0.955 bits per heavy atom. The monoisotopic (exact) mass is 660 g/mol. The van der Waals surface area contributed by atoms with Crippen LogP contribution < -0.4 is 16.9 Å². The molecule has 2 amide bonds. The van der Waals surface area contributed by atoms with Crippen molar-refractivity contribution in [3.05, 3.63) is 99.0 Å². The van der Waals surface area contributed by atoms with E-state index < -0.39 is 22.5 Å². The summed E-state index contributed by atoms with van der Waals surface area (Å²) in [6, 6.07) is 19.8. The Bertz CT molecular complexity index is 1540. The number of rotatable bonds is 16. The van der Waals surface area contributed by atoms with Gasteiger partial charge < -0.3 is 21.8 Å². The zero-order chi connectivity index (χ0) is 32.1. The number of nitrogens with two attached hydrogens (primary N) is 2. The highest BCUT2D eigenvalue weighted by Gasteiger charge is 2.30. The van der Waals surface area contributed by atoms with Crippen molar-refractivity contribution in [2.45, 2.75) is 37.6 Å². The summed E-state index contributed by atoms with van der Waals surface area (Å²) >= 11 is 12.5. The molecule has 13 heteroatoms. The molecule has 0 aromatic heterocycles. The van der Waals surface area contributed by atoms with Crippen molar-refractivity contribution in [3.63, 3.8) is 0 Å². The molecule has 0 unspecified atom stereocenters. The van der Waals surface area contributed by atoms with Crippen LogP contribution in [0.15, 0.2) is 76.7 Å². The number of benzene rings is 3. The van der Waals surface area contributed by atoms with Gasteiger partial charge in [0.05, 0.1) is 18.1 Å². The standard InChI is InChI=1S/C31H38Cl2N6O4S/c1-23-27(32)12-13-28(31(23)33)44(42,43)39(19-15-24-6-3-2-4-7-24)22-29(40)36-20-30(41)38(18-5-16-34)21-26-10-8-25(9-11-26)14-17-37-35/h2-4,6-13,17H,5,14-16,18-22,34-35H2,1H3,(H,36,40). The molecule has 3 aromatic rings. The first kappa shape index (κ1) is 35.0. The Kier molecular flexibility index (Phi) is 13.6. The molecule has 3 rings (SSSR count). The second-order valence-electron chi connectivity index (χ2n) is 10.1. The zero-order valence-corrected chi connectivity index (χ0v) is 26.9. The van der Waals surface area contributed by atoms with Crippen LogP contribution >= 0.6 is 23.2 Å². The van der Waals surface area contributed by atoms with Crippen LogP contribution in [0.5, 0.6) is 0 Å². The molecule has 0 saturated carbocycles. The van der Waals surface area contributed by atoms with Crippen LogP contribution in [-0.2, 0) is 39.0 Å². The SMILES string of the molecule is Cc1c(Cl)ccc(S(=O)(=O)N(CCc2ccccc2)CC(=O)NCC(=O)N(CCCN)Cc2ccc(CC=NN)cc2)c1Cl. The molecular weight excluding hydrogens is 623 g/mol. The van der Waals surface area contributed by atoms with Gasteiger partial charge in [-0.2, -0.15) is 9.41 Å². The lowest BCUT2D eigenvalue weighted by atomic mass is 10.1. The predicted octanol–water partition coefficient (Wildman–Crippen LogP) is 3.52. The van der Waals surface area contributed by atoms with Crippen LogP contribution in [0.25, 0.3) is 0 Å². The number of carbonyl (C=O) groups excluding carboxylic acids is 2. The Morgan fingerprint density at radius 3 is 2.30 bits per heavy atom. The maximum absolute atomic E-state index is 13.7. The second-order valence-corrected chi connectivity index (χ2v) is 12.8. The van der Waals surface area contributed by atoms with Gasteiger partial charge in [-0.15, -0.1) is 0 Å². The lowest BCUT2D eigenvalue weighted by Gasteiger charge is -2.25. The summed E-state index contributed by atoms with van der Waals surface area (Å²) in [6.07, 6.45) is 3.15. The van der Waals surface area contributed by atoms with Gasteiger partial charge in [0.25, 0.3) is 0 Å². The summed E-state index contributed by atoms with van der Waals surface area (Å²) in [7, 11) is -4.20. The highest BCUT2D eigenvalue weighted by Crippen LogP contribution is 2.32. The van der Waals surface area contributed by atoms with Crippen molar-refractivity contribution in [1.82, 2.24) is 14.5 Å². The molecular formula is C31H38Cl2N6O4S. The van der Waals surface area contributed by atoms with E-state index in [0.29, 0.717) is 49.5 Å². The van der Waals surface area contributed by atoms with E-state index in [1.807, 2.05) is 54.6 Å². The van der Waals surface area contributed by atoms with Crippen LogP contribution in [0.1, 0.15) is 28.7 Å². The molecule has 0 heterocycles. The number of carbonyl (C=O) groups is 2. The number of amides is 2. The normalized spacial score (nSPS) is 11.7. The zero-order valence-electron chi connectivity index (χ0n) is 24.6. The largest absolute Gasteiger partial charge is 0.346 e. The number of nitrogens with zero attached hydrogens (tertiary/aromatic N) is 3. The van der Waals surface area contributed by atoms with Gasteiger partial charge in [0.1, 0.15) is 4.90 Å². The Morgan fingerprint density at radius 2 is 1.64 bits per heavy atom. The molecule has 0 aliphatic rings. The maximum atomic E-state index is 13.7. The third-order valence-corrected chi connectivity index (χ3v) is 9.86. The molecule has 0 atom stereocenters. The molecule has 0 bridgehead atoms. The molecule has 0 fully saturated rings. The fourth-order valence-electron chi connectivity index (χ4n) is 4.39. The lowest BCUT2D eigenvalue weighted by molar-refractivity contribution is -0.133. The van der Waals surface area contributed by atoms with Gasteiger partial charge in [0.2, 0.25) is 21.8 Å². The van der Waals surface area contributed by atoms with Gasteiger partial charge in [0, 0.05) is 37.3 Å². The maximum Gasteiger partial charge on any atom is 0.245 e. The van der Waals surface area contributed by atoms with Crippen LogP contribution in [0.3, 0.4) is 0 Å². The lowest BCUT2D eigenvalue weighted by Crippen LogP contribution is -2.45. The van der Waals surface area contributed by atoms with Crippen molar-refractivity contribution in [3.8, 4) is 0 Å². The number of halogens is 2. The third-order valence-electron chi connectivity index (χ3n) is 6.97. The van der Waals surface area contributed by atoms with E-state index in [0.717, 1.165) is 21.0 Å². The average molecular weight is 662 g/mol. The molecule has 0 spiro atoms. The number of sulfonamides is 1. The Hall–Kier alpha value is -3.48. The molecule has 0 aliphatic carbocycles. The molecule has 5 N–H and O–H groups in total. The van der Waals surface area contributed by atoms with Crippen LogP contribution in [0, 0.1) is 6.92 Å². The van der Waals surface area contributed by atoms with Gasteiger partial charge in [-0.25, -0.2) is 8.42 Å². The number of nitrogens with one attached hydrogen (secondary N) is 1. The first-order chi connectivity index (χ1) is 21.1. The summed E-state index contributed by atoms with van der Waals surface area (Å²) in [6.45, 7) is 1.96. The van der Waals surface area contributed by atoms with Crippen molar-refractivity contribution < 1.29 is 18.0 Å². The van der Waals surface area contributed by atoms with Gasteiger partial charge in [-0.3, -0.25) is 9.59 Å². The Balaban J connectivity index is 1.72. The highest BCUT2D eigenvalue weighted by molar-refractivity contribution is 7.89. The van der Waals surface area contributed by atoms with E-state index in [1.165, 1.54) is 12.1 Å². The molecule has 44 heavy (non-hydrogen) atoms. The summed E-state index contributed by atoms with van der Waals surface area (Å²) < 4.78 is 28.5. The minimum absolute atomic E-state index is 0.00566. The third kappa shape index (κ3) is 10.0. The number of hydrogen-bond acceptors (Lipinski definition) is 7. The van der Waals surface area contributed by atoms with E-state index in [9.17, 15) is 18.0 Å². The van der Waals surface area contributed by atoms with E-state index in [2.05, 4.69) is 10.4 Å². The van der Waals surface area contributed by atoms with E-state index in [1.54, 1.807) is 18.0 Å². The van der Waals surface area contributed by atoms with Crippen molar-refractivity contribution >= 4 is 51.3 Å². The van der Waals surface area contributed by atoms with E-state index in [-0.39, 0.29) is 28.9 Å². The summed E-state index contributed by atoms with van der Waals surface area (Å²) in [5.41, 5.74) is 8.94. The molecule has 0 aliphatic heterocycles. The fourth-order valence-corrected chi connectivity index (χ4v) is 6.57. The van der Waals surface area contributed by atoms with Gasteiger partial charge in [-0.1, -0.05) is 77.8 Å². The molecule has 0 saturated heterocycles. The fraction of sp³-hybridized carbons (Fsp3) is 0.323. The summed E-state index contributed by atoms with van der Waals surface area (Å²) in [5.74, 6) is 4.23. The van der Waals surface area contributed by atoms with Gasteiger partial charge in [-0.05, 0) is 60.7 Å². The number of hydrazone groups is 1. The summed E-state index contributed by atoms with van der Waals surface area (Å²) in [4.78, 5) is 27.7. The smallest absolute Gasteiger partial charge is 0.245 e. The number of hydrogen-bond donors (Lipinski definition) is 3. The van der Waals surface area contributed by atoms with Crippen LogP contribution in [-0.4, -0.2) is 68.4 Å². The minimum Gasteiger partial charge on any atom is -0.346 e. The average Bonchev–Trinajstić information content (AvgIpc) is 3.02. The molecule has 3 aromatic carbocycles. The summed E-state index contributed by atoms with van der Waals surface area (Å²) in [5, 5.41) is 6.42. The van der Waals surface area contributed by atoms with Crippen LogP contribution in [0.2, 0.25) is 10.0 Å². The first-order valence-corrected chi connectivity index (χ1v) is 16.3. The highest BCUT2D eigenvalue weighted by atomic mass is 35.5. The molecule has 0 radical (unpaired) electrons. The van der Waals surface area contributed by atoms with E-state index in [4.69, 9.17) is 34.8 Å². The van der Waals surface area contributed by atoms with Crippen molar-refractivity contribution in [1.29, 1.82) is 0 Å². The van der Waals surface area contributed by atoms with Crippen molar-refractivity contribution in [2.75, 3.05) is 32.7 Å². The first-order valence-electron chi connectivity index (χ1n) is 14.1. The predicted molar refractivity (Wildman–Crippen MR) is 175 cm³/mol. The second kappa shape index (κ2) is 17.1. The van der Waals surface area contributed by atoms with Crippen LogP contribution in [0.4, 0.5) is 0 Å². The molecule has 10 nitrogen and oxygen atoms in total. The minimum atomic E-state index is -4.20. The van der Waals surface area contributed by atoms with Gasteiger partial charge in [0.15, 0.2) is 0 Å².